The number of ketones is 1. The highest BCUT2D eigenvalue weighted by Gasteiger charge is 2.34. The maximum atomic E-state index is 12.8. The summed E-state index contributed by atoms with van der Waals surface area (Å²) < 4.78 is 0.822. The summed E-state index contributed by atoms with van der Waals surface area (Å²) in [6, 6.07) is 14.0. The maximum absolute atomic E-state index is 12.8. The van der Waals surface area contributed by atoms with Crippen molar-refractivity contribution < 1.29 is 14.4 Å². The Kier molecular flexibility index (Phi) is 6.14. The third-order valence-corrected chi connectivity index (χ3v) is 5.38. The lowest BCUT2D eigenvalue weighted by molar-refractivity contribution is -0.130. The Balaban J connectivity index is 1.71. The van der Waals surface area contributed by atoms with E-state index in [9.17, 15) is 14.4 Å². The average molecular weight is 444 g/mol. The number of carbonyl (C=O) groups is 3. The third kappa shape index (κ3) is 4.09. The summed E-state index contributed by atoms with van der Waals surface area (Å²) in [6.45, 7) is 2.98. The molecule has 2 aromatic carbocycles. The predicted octanol–water partition coefficient (Wildman–Crippen LogP) is 3.05. The van der Waals surface area contributed by atoms with Gasteiger partial charge in [-0.2, -0.15) is 0 Å². The fourth-order valence-corrected chi connectivity index (χ4v) is 3.74. The smallest absolute Gasteiger partial charge is 0.295 e. The minimum absolute atomic E-state index is 0.0590. The van der Waals surface area contributed by atoms with E-state index in [1.165, 1.54) is 0 Å². The van der Waals surface area contributed by atoms with Crippen molar-refractivity contribution in [1.82, 2.24) is 9.80 Å². The van der Waals surface area contributed by atoms with Crippen LogP contribution < -0.4 is 5.32 Å². The molecule has 1 fully saturated rings. The number of hydrogen-bond acceptors (Lipinski definition) is 4. The number of nitrogens with one attached hydrogen (secondary N) is 1. The molecule has 1 heterocycles. The minimum Gasteiger partial charge on any atom is -0.387 e. The molecule has 0 radical (unpaired) electrons. The lowest BCUT2D eigenvalue weighted by atomic mass is 10.1. The molecule has 2 aromatic rings. The van der Waals surface area contributed by atoms with Gasteiger partial charge in [-0.15, -0.1) is 0 Å². The van der Waals surface area contributed by atoms with Crippen LogP contribution in [0.15, 0.2) is 53.0 Å². The molecule has 0 unspecified atom stereocenters. The summed E-state index contributed by atoms with van der Waals surface area (Å²) in [5.41, 5.74) is 1.56. The third-order valence-electron chi connectivity index (χ3n) is 4.89. The number of halogens is 1. The van der Waals surface area contributed by atoms with Crippen LogP contribution in [0.25, 0.3) is 0 Å². The summed E-state index contributed by atoms with van der Waals surface area (Å²) >= 11 is 3.36. The van der Waals surface area contributed by atoms with E-state index < -0.39 is 11.7 Å². The molecule has 7 heteroatoms. The fraction of sp³-hybridized carbons (Fsp3) is 0.286. The molecule has 3 rings (SSSR count). The molecule has 2 amide bonds. The molecule has 0 saturated carbocycles. The van der Waals surface area contributed by atoms with Gasteiger partial charge in [0.2, 0.25) is 0 Å². The van der Waals surface area contributed by atoms with E-state index in [1.54, 1.807) is 47.2 Å². The SMILES string of the molecule is CNc1cc(Br)ccc1C(=O)C(=O)N1CCN(C(=O)c2ccccc2)C[C@H]1C. The van der Waals surface area contributed by atoms with Crippen LogP contribution in [0, 0.1) is 0 Å². The molecule has 1 saturated heterocycles. The molecule has 0 spiro atoms. The van der Waals surface area contributed by atoms with Crippen molar-refractivity contribution in [2.45, 2.75) is 13.0 Å². The van der Waals surface area contributed by atoms with Gasteiger partial charge in [0.05, 0.1) is 5.56 Å². The standard InChI is InChI=1S/C21H22BrN3O3/c1-14-13-24(20(27)15-6-4-3-5-7-15)10-11-25(14)21(28)19(26)17-9-8-16(22)12-18(17)23-2/h3-9,12,14,23H,10-11,13H2,1-2H3/t14-/m1/s1. The Morgan fingerprint density at radius 1 is 1.07 bits per heavy atom. The summed E-state index contributed by atoms with van der Waals surface area (Å²) in [7, 11) is 1.71. The number of piperazine rings is 1. The first-order valence-electron chi connectivity index (χ1n) is 9.09. The van der Waals surface area contributed by atoms with Crippen molar-refractivity contribution in [3.8, 4) is 0 Å². The van der Waals surface area contributed by atoms with Gasteiger partial charge in [0.1, 0.15) is 0 Å². The van der Waals surface area contributed by atoms with Crippen LogP contribution in [0.3, 0.4) is 0 Å². The van der Waals surface area contributed by atoms with E-state index in [4.69, 9.17) is 0 Å². The van der Waals surface area contributed by atoms with Crippen molar-refractivity contribution in [3.63, 3.8) is 0 Å². The molecule has 0 aliphatic carbocycles. The Morgan fingerprint density at radius 3 is 2.43 bits per heavy atom. The second-order valence-corrected chi connectivity index (χ2v) is 7.65. The van der Waals surface area contributed by atoms with Gasteiger partial charge in [0.25, 0.3) is 17.6 Å². The second-order valence-electron chi connectivity index (χ2n) is 6.73. The van der Waals surface area contributed by atoms with Crippen LogP contribution in [0.4, 0.5) is 5.69 Å². The zero-order chi connectivity index (χ0) is 20.3. The fourth-order valence-electron chi connectivity index (χ4n) is 3.37. The summed E-state index contributed by atoms with van der Waals surface area (Å²) in [5.74, 6) is -1.15. The van der Waals surface area contributed by atoms with Gasteiger partial charge in [-0.05, 0) is 37.3 Å². The van der Waals surface area contributed by atoms with Crippen molar-refractivity contribution in [1.29, 1.82) is 0 Å². The number of benzene rings is 2. The Morgan fingerprint density at radius 2 is 1.79 bits per heavy atom. The summed E-state index contributed by atoms with van der Waals surface area (Å²) in [5, 5.41) is 2.95. The van der Waals surface area contributed by atoms with Gasteiger partial charge < -0.3 is 15.1 Å². The van der Waals surface area contributed by atoms with Crippen LogP contribution in [0.5, 0.6) is 0 Å². The Hall–Kier alpha value is -2.67. The minimum atomic E-state index is -0.550. The van der Waals surface area contributed by atoms with Gasteiger partial charge in [0.15, 0.2) is 0 Å². The van der Waals surface area contributed by atoms with E-state index >= 15 is 0 Å². The lowest BCUT2D eigenvalue weighted by Crippen LogP contribution is -2.56. The largest absolute Gasteiger partial charge is 0.387 e. The van der Waals surface area contributed by atoms with E-state index in [0.29, 0.717) is 36.4 Å². The average Bonchev–Trinajstić information content (AvgIpc) is 2.72. The van der Waals surface area contributed by atoms with Gasteiger partial charge in [-0.3, -0.25) is 14.4 Å². The van der Waals surface area contributed by atoms with E-state index in [2.05, 4.69) is 21.2 Å². The van der Waals surface area contributed by atoms with Crippen molar-refractivity contribution in [3.05, 3.63) is 64.1 Å². The number of hydrogen-bond donors (Lipinski definition) is 1. The zero-order valence-corrected chi connectivity index (χ0v) is 17.4. The van der Waals surface area contributed by atoms with Crippen LogP contribution in [0.2, 0.25) is 0 Å². The highest BCUT2D eigenvalue weighted by Crippen LogP contribution is 2.23. The number of nitrogens with zero attached hydrogens (tertiary/aromatic N) is 2. The topological polar surface area (TPSA) is 69.7 Å². The van der Waals surface area contributed by atoms with Crippen molar-refractivity contribution in [2.24, 2.45) is 0 Å². The molecule has 1 aliphatic heterocycles. The molecule has 28 heavy (non-hydrogen) atoms. The molecule has 6 nitrogen and oxygen atoms in total. The first-order valence-corrected chi connectivity index (χ1v) is 9.88. The molecular formula is C21H22BrN3O3. The number of Topliss-reactive ketones (excluding diaryl/α,β-unsaturated/α-hetero) is 1. The molecule has 1 N–H and O–H groups in total. The second kappa shape index (κ2) is 8.56. The lowest BCUT2D eigenvalue weighted by Gasteiger charge is -2.39. The van der Waals surface area contributed by atoms with Crippen LogP contribution in [-0.4, -0.2) is 60.1 Å². The van der Waals surface area contributed by atoms with Crippen LogP contribution >= 0.6 is 15.9 Å². The number of rotatable bonds is 4. The van der Waals surface area contributed by atoms with Crippen molar-refractivity contribution in [2.75, 3.05) is 32.0 Å². The molecular weight excluding hydrogens is 422 g/mol. The normalized spacial score (nSPS) is 16.6. The van der Waals surface area contributed by atoms with E-state index in [0.717, 1.165) is 4.47 Å². The Bertz CT molecular complexity index is 901. The van der Waals surface area contributed by atoms with Gasteiger partial charge in [-0.25, -0.2) is 0 Å². The number of carbonyl (C=O) groups excluding carboxylic acids is 3. The summed E-state index contributed by atoms with van der Waals surface area (Å²) in [6.07, 6.45) is 0. The van der Waals surface area contributed by atoms with Crippen molar-refractivity contribution >= 4 is 39.2 Å². The first-order chi connectivity index (χ1) is 13.4. The molecule has 0 bridgehead atoms. The maximum Gasteiger partial charge on any atom is 0.295 e. The zero-order valence-electron chi connectivity index (χ0n) is 15.8. The molecule has 146 valence electrons. The quantitative estimate of drug-likeness (QED) is 0.582. The molecule has 1 atom stereocenters. The van der Waals surface area contributed by atoms with Gasteiger partial charge in [0, 0.05) is 48.4 Å². The molecule has 1 aliphatic rings. The van der Waals surface area contributed by atoms with E-state index in [-0.39, 0.29) is 11.9 Å². The van der Waals surface area contributed by atoms with Crippen LogP contribution in [0.1, 0.15) is 27.6 Å². The van der Waals surface area contributed by atoms with Crippen LogP contribution in [-0.2, 0) is 4.79 Å². The highest BCUT2D eigenvalue weighted by atomic mass is 79.9. The number of amides is 2. The van der Waals surface area contributed by atoms with E-state index in [1.807, 2.05) is 25.1 Å². The first kappa shape index (κ1) is 20.1. The molecule has 0 aromatic heterocycles. The predicted molar refractivity (Wildman–Crippen MR) is 112 cm³/mol. The number of anilines is 1. The summed E-state index contributed by atoms with van der Waals surface area (Å²) in [4.78, 5) is 41.6. The monoisotopic (exact) mass is 443 g/mol. The van der Waals surface area contributed by atoms with Gasteiger partial charge in [-0.1, -0.05) is 34.1 Å². The Labute approximate surface area is 172 Å². The van der Waals surface area contributed by atoms with Gasteiger partial charge >= 0.3 is 0 Å². The highest BCUT2D eigenvalue weighted by molar-refractivity contribution is 9.10.